The Morgan fingerprint density at radius 2 is 1.64 bits per heavy atom. The zero-order chi connectivity index (χ0) is 26.7. The SMILES string of the molecule is CCCN(CCC)C(=O)c1cc(C)cc(C(=O)NC(Cc2ccccc2C)C(O)C(O)CCCS)c1. The average Bonchev–Trinajstić information content (AvgIpc) is 2.86. The standard InChI is InChI=1S/C29H42N2O4S/c1-5-13-31(14-6-2)29(35)24-17-20(3)16-23(18-24)28(34)30-25(27(33)26(32)12-9-15-36)19-22-11-8-7-10-21(22)4/h7-8,10-11,16-18,25-27,32-33,36H,5-6,9,12-15,19H2,1-4H3,(H,30,34). The third-order valence-electron chi connectivity index (χ3n) is 6.34. The highest BCUT2D eigenvalue weighted by Crippen LogP contribution is 2.18. The number of aryl methyl sites for hydroxylation is 2. The van der Waals surface area contributed by atoms with Gasteiger partial charge in [-0.05, 0) is 86.6 Å². The zero-order valence-corrected chi connectivity index (χ0v) is 22.9. The largest absolute Gasteiger partial charge is 0.390 e. The lowest BCUT2D eigenvalue weighted by atomic mass is 9.93. The van der Waals surface area contributed by atoms with Crippen molar-refractivity contribution in [3.63, 3.8) is 0 Å². The molecule has 7 heteroatoms. The van der Waals surface area contributed by atoms with Crippen LogP contribution in [0, 0.1) is 13.8 Å². The Bertz CT molecular complexity index is 991. The molecule has 2 rings (SSSR count). The first kappa shape index (κ1) is 29.9. The molecule has 198 valence electrons. The summed E-state index contributed by atoms with van der Waals surface area (Å²) in [5.74, 6) is 0.130. The van der Waals surface area contributed by atoms with Crippen molar-refractivity contribution in [2.24, 2.45) is 0 Å². The van der Waals surface area contributed by atoms with Crippen molar-refractivity contribution >= 4 is 24.4 Å². The molecule has 2 aromatic rings. The van der Waals surface area contributed by atoms with Gasteiger partial charge in [-0.3, -0.25) is 9.59 Å². The molecule has 0 aliphatic carbocycles. The molecule has 3 atom stereocenters. The third kappa shape index (κ3) is 8.64. The second-order valence-corrected chi connectivity index (χ2v) is 9.96. The Kier molecular flexibility index (Phi) is 12.5. The van der Waals surface area contributed by atoms with Gasteiger partial charge in [-0.25, -0.2) is 0 Å². The number of hydrogen-bond acceptors (Lipinski definition) is 5. The van der Waals surface area contributed by atoms with Crippen LogP contribution >= 0.6 is 12.6 Å². The first-order valence-electron chi connectivity index (χ1n) is 12.9. The number of aliphatic hydroxyl groups is 2. The fourth-order valence-electron chi connectivity index (χ4n) is 4.40. The van der Waals surface area contributed by atoms with E-state index in [0.29, 0.717) is 49.2 Å². The molecule has 0 aromatic heterocycles. The first-order chi connectivity index (χ1) is 17.2. The average molecular weight is 515 g/mol. The lowest BCUT2D eigenvalue weighted by Crippen LogP contribution is -2.50. The lowest BCUT2D eigenvalue weighted by molar-refractivity contribution is -0.00732. The summed E-state index contributed by atoms with van der Waals surface area (Å²) in [4.78, 5) is 28.4. The maximum Gasteiger partial charge on any atom is 0.253 e. The minimum atomic E-state index is -1.15. The second-order valence-electron chi connectivity index (χ2n) is 9.51. The van der Waals surface area contributed by atoms with E-state index in [1.54, 1.807) is 18.2 Å². The summed E-state index contributed by atoms with van der Waals surface area (Å²) in [6, 6.07) is 12.3. The van der Waals surface area contributed by atoms with Crippen LogP contribution in [0.4, 0.5) is 0 Å². The number of rotatable bonds is 14. The summed E-state index contributed by atoms with van der Waals surface area (Å²) in [5, 5.41) is 24.5. The molecule has 0 spiro atoms. The predicted molar refractivity (Wildman–Crippen MR) is 149 cm³/mol. The first-order valence-corrected chi connectivity index (χ1v) is 13.6. The summed E-state index contributed by atoms with van der Waals surface area (Å²) in [5.41, 5.74) is 3.68. The van der Waals surface area contributed by atoms with E-state index in [4.69, 9.17) is 0 Å². The molecule has 0 saturated carbocycles. The van der Waals surface area contributed by atoms with Crippen LogP contribution in [0.25, 0.3) is 0 Å². The molecule has 0 aliphatic heterocycles. The molecule has 3 N–H and O–H groups in total. The smallest absolute Gasteiger partial charge is 0.253 e. The maximum absolute atomic E-state index is 13.4. The zero-order valence-electron chi connectivity index (χ0n) is 22.0. The number of amides is 2. The Balaban J connectivity index is 2.32. The van der Waals surface area contributed by atoms with Crippen molar-refractivity contribution in [2.45, 2.75) is 78.0 Å². The van der Waals surface area contributed by atoms with Gasteiger partial charge in [0.15, 0.2) is 0 Å². The van der Waals surface area contributed by atoms with Crippen LogP contribution in [-0.4, -0.2) is 64.0 Å². The van der Waals surface area contributed by atoms with Crippen LogP contribution in [0.5, 0.6) is 0 Å². The minimum absolute atomic E-state index is 0.0878. The summed E-state index contributed by atoms with van der Waals surface area (Å²) in [7, 11) is 0. The van der Waals surface area contributed by atoms with Gasteiger partial charge >= 0.3 is 0 Å². The van der Waals surface area contributed by atoms with Gasteiger partial charge < -0.3 is 20.4 Å². The summed E-state index contributed by atoms with van der Waals surface area (Å²) < 4.78 is 0. The molecule has 2 amide bonds. The molecule has 0 aliphatic rings. The van der Waals surface area contributed by atoms with E-state index in [9.17, 15) is 19.8 Å². The second kappa shape index (κ2) is 15.0. The Morgan fingerprint density at radius 3 is 2.25 bits per heavy atom. The number of nitrogens with zero attached hydrogens (tertiary/aromatic N) is 1. The molecule has 36 heavy (non-hydrogen) atoms. The number of hydrogen-bond donors (Lipinski definition) is 4. The van der Waals surface area contributed by atoms with Crippen molar-refractivity contribution in [1.82, 2.24) is 10.2 Å². The van der Waals surface area contributed by atoms with Crippen molar-refractivity contribution in [1.29, 1.82) is 0 Å². The topological polar surface area (TPSA) is 89.9 Å². The highest BCUT2D eigenvalue weighted by Gasteiger charge is 2.29. The molecule has 0 radical (unpaired) electrons. The van der Waals surface area contributed by atoms with E-state index >= 15 is 0 Å². The van der Waals surface area contributed by atoms with Crippen LogP contribution in [0.15, 0.2) is 42.5 Å². The summed E-state index contributed by atoms with van der Waals surface area (Å²) >= 11 is 4.20. The van der Waals surface area contributed by atoms with Gasteiger partial charge in [0.05, 0.1) is 12.1 Å². The quantitative estimate of drug-likeness (QED) is 0.282. The minimum Gasteiger partial charge on any atom is -0.390 e. The van der Waals surface area contributed by atoms with Gasteiger partial charge in [-0.1, -0.05) is 38.1 Å². The molecule has 0 bridgehead atoms. The van der Waals surface area contributed by atoms with Gasteiger partial charge in [-0.2, -0.15) is 12.6 Å². The molecular weight excluding hydrogens is 472 g/mol. The van der Waals surface area contributed by atoms with Crippen LogP contribution in [0.3, 0.4) is 0 Å². The van der Waals surface area contributed by atoms with Crippen LogP contribution in [0.2, 0.25) is 0 Å². The van der Waals surface area contributed by atoms with Crippen LogP contribution < -0.4 is 5.32 Å². The fraction of sp³-hybridized carbons (Fsp3) is 0.517. The highest BCUT2D eigenvalue weighted by molar-refractivity contribution is 7.80. The van der Waals surface area contributed by atoms with Gasteiger partial charge in [0.2, 0.25) is 0 Å². The van der Waals surface area contributed by atoms with Crippen molar-refractivity contribution in [3.05, 3.63) is 70.3 Å². The molecular formula is C29H42N2O4S. The predicted octanol–water partition coefficient (Wildman–Crippen LogP) is 4.34. The van der Waals surface area contributed by atoms with Gasteiger partial charge in [0, 0.05) is 24.2 Å². The maximum atomic E-state index is 13.4. The summed E-state index contributed by atoms with van der Waals surface area (Å²) in [6.07, 6.45) is 0.996. The third-order valence-corrected chi connectivity index (χ3v) is 6.66. The highest BCUT2D eigenvalue weighted by atomic mass is 32.1. The van der Waals surface area contributed by atoms with Crippen molar-refractivity contribution < 1.29 is 19.8 Å². The van der Waals surface area contributed by atoms with Crippen LogP contribution in [-0.2, 0) is 6.42 Å². The van der Waals surface area contributed by atoms with E-state index in [2.05, 4.69) is 17.9 Å². The molecule has 0 heterocycles. The molecule has 2 aromatic carbocycles. The Labute approximate surface area is 221 Å². The van der Waals surface area contributed by atoms with Crippen molar-refractivity contribution in [3.8, 4) is 0 Å². The van der Waals surface area contributed by atoms with Crippen LogP contribution in [0.1, 0.15) is 76.9 Å². The Morgan fingerprint density at radius 1 is 1.00 bits per heavy atom. The molecule has 3 unspecified atom stereocenters. The van der Waals surface area contributed by atoms with Crippen molar-refractivity contribution in [2.75, 3.05) is 18.8 Å². The van der Waals surface area contributed by atoms with Gasteiger partial charge in [0.25, 0.3) is 11.8 Å². The number of carbonyl (C=O) groups is 2. The lowest BCUT2D eigenvalue weighted by Gasteiger charge is -2.28. The van der Waals surface area contributed by atoms with E-state index in [0.717, 1.165) is 29.5 Å². The fourth-order valence-corrected chi connectivity index (χ4v) is 4.58. The molecule has 0 saturated heterocycles. The number of thiol groups is 1. The summed E-state index contributed by atoms with van der Waals surface area (Å²) in [6.45, 7) is 9.24. The molecule has 6 nitrogen and oxygen atoms in total. The number of nitrogens with one attached hydrogen (secondary N) is 1. The molecule has 0 fully saturated rings. The number of aliphatic hydroxyl groups excluding tert-OH is 2. The number of carbonyl (C=O) groups excluding carboxylic acids is 2. The number of benzene rings is 2. The van der Waals surface area contributed by atoms with E-state index < -0.39 is 18.2 Å². The van der Waals surface area contributed by atoms with Gasteiger partial charge in [0.1, 0.15) is 6.10 Å². The Hall–Kier alpha value is -2.35. The van der Waals surface area contributed by atoms with E-state index in [1.165, 1.54) is 0 Å². The van der Waals surface area contributed by atoms with Gasteiger partial charge in [-0.15, -0.1) is 0 Å². The normalized spacial score (nSPS) is 13.6. The van der Waals surface area contributed by atoms with E-state index in [-0.39, 0.29) is 11.8 Å². The monoisotopic (exact) mass is 514 g/mol. The van der Waals surface area contributed by atoms with E-state index in [1.807, 2.05) is 56.9 Å².